The first-order chi connectivity index (χ1) is 12.0. The second-order valence-electron chi connectivity index (χ2n) is 8.00. The Morgan fingerprint density at radius 3 is 2.27 bits per heavy atom. The maximum Gasteiger partial charge on any atom is 0.416 e. The molecule has 0 aliphatic carbocycles. The molecule has 26 heavy (non-hydrogen) atoms. The molecule has 1 fully saturated rings. The van der Waals surface area contributed by atoms with Crippen molar-refractivity contribution < 1.29 is 22.7 Å². The van der Waals surface area contributed by atoms with Crippen LogP contribution >= 0.6 is 0 Å². The van der Waals surface area contributed by atoms with Gasteiger partial charge in [-0.2, -0.15) is 13.2 Å². The lowest BCUT2D eigenvalue weighted by Crippen LogP contribution is -2.48. The molecular weight excluding hydrogens is 345 g/mol. The number of hydrogen-bond donors (Lipinski definition) is 1. The zero-order valence-corrected chi connectivity index (χ0v) is 15.5. The summed E-state index contributed by atoms with van der Waals surface area (Å²) in [6, 6.07) is 5.63. The first kappa shape index (κ1) is 20.6. The average molecular weight is 372 g/mol. The lowest BCUT2D eigenvalue weighted by molar-refractivity contribution is -0.138. The number of carbonyl (C=O) groups is 1. The molecule has 1 aliphatic rings. The van der Waals surface area contributed by atoms with Crippen LogP contribution in [0.5, 0.6) is 0 Å². The molecule has 1 saturated heterocycles. The van der Waals surface area contributed by atoms with E-state index < -0.39 is 22.8 Å². The molecule has 1 aromatic carbocycles. The van der Waals surface area contributed by atoms with Crippen molar-refractivity contribution >= 4 is 6.09 Å². The van der Waals surface area contributed by atoms with Gasteiger partial charge in [0.2, 0.25) is 0 Å². The minimum atomic E-state index is -4.39. The van der Waals surface area contributed by atoms with Crippen LogP contribution in [-0.2, 0) is 17.3 Å². The van der Waals surface area contributed by atoms with Crippen molar-refractivity contribution in [2.75, 3.05) is 19.6 Å². The molecule has 2 rings (SSSR count). The minimum Gasteiger partial charge on any atom is -0.444 e. The van der Waals surface area contributed by atoms with E-state index in [1.165, 1.54) is 12.1 Å². The Balaban J connectivity index is 2.10. The Hall–Kier alpha value is -1.76. The van der Waals surface area contributed by atoms with E-state index >= 15 is 0 Å². The van der Waals surface area contributed by atoms with Gasteiger partial charge in [0.25, 0.3) is 0 Å². The monoisotopic (exact) mass is 372 g/mol. The van der Waals surface area contributed by atoms with Gasteiger partial charge in [-0.05, 0) is 63.6 Å². The highest BCUT2D eigenvalue weighted by Gasteiger charge is 2.39. The number of rotatable bonds is 3. The molecule has 0 bridgehead atoms. The van der Waals surface area contributed by atoms with E-state index in [0.717, 1.165) is 6.07 Å². The summed E-state index contributed by atoms with van der Waals surface area (Å²) in [7, 11) is 0. The summed E-state index contributed by atoms with van der Waals surface area (Å²) < 4.78 is 45.1. The summed E-state index contributed by atoms with van der Waals surface area (Å²) in [5, 5.41) is 0. The van der Waals surface area contributed by atoms with Gasteiger partial charge in [-0.25, -0.2) is 4.79 Å². The largest absolute Gasteiger partial charge is 0.444 e. The van der Waals surface area contributed by atoms with Crippen molar-refractivity contribution in [3.05, 3.63) is 35.4 Å². The Bertz CT molecular complexity index is 630. The van der Waals surface area contributed by atoms with Crippen LogP contribution in [0, 0.1) is 5.41 Å². The fourth-order valence-electron chi connectivity index (χ4n) is 3.30. The lowest BCUT2D eigenvalue weighted by Gasteiger charge is -2.41. The van der Waals surface area contributed by atoms with Crippen LogP contribution in [0.2, 0.25) is 0 Å². The number of likely N-dealkylation sites (tertiary alicyclic amines) is 1. The third-order valence-corrected chi connectivity index (χ3v) is 4.80. The normalized spacial score (nSPS) is 17.9. The molecular formula is C19H27F3N2O2. The fourth-order valence-corrected chi connectivity index (χ4v) is 3.30. The van der Waals surface area contributed by atoms with Gasteiger partial charge in [0.05, 0.1) is 5.56 Å². The summed E-state index contributed by atoms with van der Waals surface area (Å²) in [6.45, 7) is 6.54. The summed E-state index contributed by atoms with van der Waals surface area (Å²) in [4.78, 5) is 13.8. The molecule has 4 nitrogen and oxygen atoms in total. The van der Waals surface area contributed by atoms with E-state index in [-0.39, 0.29) is 24.6 Å². The SMILES string of the molecule is CC(C)(C)OC(=O)N1CCC(CN)(Cc2ccccc2C(F)(F)F)CC1. The molecule has 2 N–H and O–H groups in total. The number of halogens is 3. The predicted molar refractivity (Wildman–Crippen MR) is 93.7 cm³/mol. The van der Waals surface area contributed by atoms with E-state index in [2.05, 4.69) is 0 Å². The van der Waals surface area contributed by atoms with E-state index in [9.17, 15) is 18.0 Å². The van der Waals surface area contributed by atoms with Crippen LogP contribution < -0.4 is 5.73 Å². The van der Waals surface area contributed by atoms with Crippen molar-refractivity contribution in [2.24, 2.45) is 11.1 Å². The van der Waals surface area contributed by atoms with Gasteiger partial charge in [-0.1, -0.05) is 18.2 Å². The van der Waals surface area contributed by atoms with Crippen molar-refractivity contribution in [3.8, 4) is 0 Å². The van der Waals surface area contributed by atoms with Gasteiger partial charge in [0, 0.05) is 13.1 Å². The molecule has 1 aromatic rings. The van der Waals surface area contributed by atoms with Gasteiger partial charge < -0.3 is 15.4 Å². The Morgan fingerprint density at radius 2 is 1.77 bits per heavy atom. The molecule has 0 unspecified atom stereocenters. The van der Waals surface area contributed by atoms with E-state index in [1.54, 1.807) is 31.7 Å². The topological polar surface area (TPSA) is 55.6 Å². The Morgan fingerprint density at radius 1 is 1.19 bits per heavy atom. The van der Waals surface area contributed by atoms with Gasteiger partial charge in [0.15, 0.2) is 0 Å². The molecule has 0 saturated carbocycles. The Kier molecular flexibility index (Phi) is 5.90. The van der Waals surface area contributed by atoms with Crippen molar-refractivity contribution in [1.82, 2.24) is 4.90 Å². The second kappa shape index (κ2) is 7.47. The van der Waals surface area contributed by atoms with Crippen LogP contribution in [0.1, 0.15) is 44.7 Å². The average Bonchev–Trinajstić information content (AvgIpc) is 2.53. The van der Waals surface area contributed by atoms with Gasteiger partial charge >= 0.3 is 12.3 Å². The number of nitrogens with zero attached hydrogens (tertiary/aromatic N) is 1. The Labute approximate surface area is 152 Å². The highest BCUT2D eigenvalue weighted by molar-refractivity contribution is 5.68. The quantitative estimate of drug-likeness (QED) is 0.864. The number of carbonyl (C=O) groups excluding carboxylic acids is 1. The zero-order valence-electron chi connectivity index (χ0n) is 15.5. The molecule has 1 aliphatic heterocycles. The van der Waals surface area contributed by atoms with Crippen molar-refractivity contribution in [2.45, 2.75) is 51.8 Å². The maximum absolute atomic E-state index is 13.3. The van der Waals surface area contributed by atoms with Crippen molar-refractivity contribution in [1.29, 1.82) is 0 Å². The van der Waals surface area contributed by atoms with Crippen molar-refractivity contribution in [3.63, 3.8) is 0 Å². The molecule has 7 heteroatoms. The number of benzene rings is 1. The third kappa shape index (κ3) is 5.13. The fraction of sp³-hybridized carbons (Fsp3) is 0.632. The number of hydrogen-bond acceptors (Lipinski definition) is 3. The van der Waals surface area contributed by atoms with Gasteiger partial charge in [-0.3, -0.25) is 0 Å². The first-order valence-corrected chi connectivity index (χ1v) is 8.79. The third-order valence-electron chi connectivity index (χ3n) is 4.80. The number of nitrogens with two attached hydrogens (primary N) is 1. The highest BCUT2D eigenvalue weighted by Crippen LogP contribution is 2.39. The van der Waals surface area contributed by atoms with E-state index in [0.29, 0.717) is 25.9 Å². The van der Waals surface area contributed by atoms with Crippen LogP contribution in [0.4, 0.5) is 18.0 Å². The molecule has 0 spiro atoms. The van der Waals surface area contributed by atoms with Crippen LogP contribution in [0.15, 0.2) is 24.3 Å². The molecule has 0 radical (unpaired) electrons. The molecule has 146 valence electrons. The van der Waals surface area contributed by atoms with Gasteiger partial charge in [-0.15, -0.1) is 0 Å². The molecule has 1 amide bonds. The zero-order chi connectivity index (χ0) is 19.6. The van der Waals surface area contributed by atoms with E-state index in [4.69, 9.17) is 10.5 Å². The second-order valence-corrected chi connectivity index (χ2v) is 8.00. The number of ether oxygens (including phenoxy) is 1. The predicted octanol–water partition coefficient (Wildman–Crippen LogP) is 4.22. The van der Waals surface area contributed by atoms with E-state index in [1.807, 2.05) is 0 Å². The first-order valence-electron chi connectivity index (χ1n) is 8.79. The molecule has 0 atom stereocenters. The van der Waals surface area contributed by atoms with Crippen LogP contribution in [0.25, 0.3) is 0 Å². The smallest absolute Gasteiger partial charge is 0.416 e. The number of piperidine rings is 1. The molecule has 1 heterocycles. The van der Waals surface area contributed by atoms with Gasteiger partial charge in [0.1, 0.15) is 5.60 Å². The summed E-state index contributed by atoms with van der Waals surface area (Å²) in [5.74, 6) is 0. The summed E-state index contributed by atoms with van der Waals surface area (Å²) >= 11 is 0. The highest BCUT2D eigenvalue weighted by atomic mass is 19.4. The standard InChI is InChI=1S/C19H27F3N2O2/c1-17(2,3)26-16(25)24-10-8-18(13-23,9-11-24)12-14-6-4-5-7-15(14)19(20,21)22/h4-7H,8-13,23H2,1-3H3. The summed E-state index contributed by atoms with van der Waals surface area (Å²) in [6.07, 6.45) is -3.42. The summed E-state index contributed by atoms with van der Waals surface area (Å²) in [5.41, 5.74) is 4.58. The minimum absolute atomic E-state index is 0.251. The lowest BCUT2D eigenvalue weighted by atomic mass is 9.73. The maximum atomic E-state index is 13.3. The van der Waals surface area contributed by atoms with Crippen LogP contribution in [-0.4, -0.2) is 36.2 Å². The number of alkyl halides is 3. The number of amides is 1. The molecule has 0 aromatic heterocycles. The van der Waals surface area contributed by atoms with Crippen LogP contribution in [0.3, 0.4) is 0 Å².